The standard InChI is InChI=1S/C14H19NO4S/c1-11-9-13(19-2)3-4-14(11)20(17,18)15-7-5-12(10-16)6-8-15/h3-4,9-10,12H,5-8H2,1-2H3. The molecule has 0 unspecified atom stereocenters. The minimum Gasteiger partial charge on any atom is -0.497 e. The molecular weight excluding hydrogens is 278 g/mol. The molecule has 1 aromatic rings. The van der Waals surface area contributed by atoms with Gasteiger partial charge in [0.25, 0.3) is 0 Å². The van der Waals surface area contributed by atoms with Crippen LogP contribution in [0.1, 0.15) is 18.4 Å². The van der Waals surface area contributed by atoms with E-state index in [0.717, 1.165) is 6.29 Å². The summed E-state index contributed by atoms with van der Waals surface area (Å²) in [7, 11) is -1.94. The molecule has 5 nitrogen and oxygen atoms in total. The van der Waals surface area contributed by atoms with Gasteiger partial charge in [0.1, 0.15) is 12.0 Å². The van der Waals surface area contributed by atoms with Crippen LogP contribution in [0.25, 0.3) is 0 Å². The van der Waals surface area contributed by atoms with E-state index in [1.165, 1.54) is 4.31 Å². The second-order valence-electron chi connectivity index (χ2n) is 5.01. The number of methoxy groups -OCH3 is 1. The van der Waals surface area contributed by atoms with Gasteiger partial charge in [-0.1, -0.05) is 0 Å². The Balaban J connectivity index is 2.25. The molecule has 6 heteroatoms. The number of ether oxygens (including phenoxy) is 1. The Labute approximate surface area is 119 Å². The highest BCUT2D eigenvalue weighted by atomic mass is 32.2. The van der Waals surface area contributed by atoms with Crippen molar-refractivity contribution in [1.82, 2.24) is 4.31 Å². The van der Waals surface area contributed by atoms with Crippen LogP contribution in [0.4, 0.5) is 0 Å². The topological polar surface area (TPSA) is 63.7 Å². The summed E-state index contributed by atoms with van der Waals surface area (Å²) >= 11 is 0. The van der Waals surface area contributed by atoms with Crippen molar-refractivity contribution in [1.29, 1.82) is 0 Å². The molecule has 1 saturated heterocycles. The molecule has 0 saturated carbocycles. The Bertz CT molecular complexity index is 589. The summed E-state index contributed by atoms with van der Waals surface area (Å²) in [5.41, 5.74) is 0.668. The average Bonchev–Trinajstić information content (AvgIpc) is 2.46. The number of carbonyl (C=O) groups excluding carboxylic acids is 1. The molecule has 1 aliphatic rings. The van der Waals surface area contributed by atoms with E-state index in [9.17, 15) is 13.2 Å². The van der Waals surface area contributed by atoms with Gasteiger partial charge in [-0.15, -0.1) is 0 Å². The number of carbonyl (C=O) groups is 1. The largest absolute Gasteiger partial charge is 0.497 e. The number of nitrogens with zero attached hydrogens (tertiary/aromatic N) is 1. The molecule has 0 bridgehead atoms. The van der Waals surface area contributed by atoms with Crippen molar-refractivity contribution in [2.24, 2.45) is 5.92 Å². The first-order valence-corrected chi connectivity index (χ1v) is 8.03. The van der Waals surface area contributed by atoms with E-state index in [1.54, 1.807) is 32.2 Å². The first kappa shape index (κ1) is 15.0. The van der Waals surface area contributed by atoms with Gasteiger partial charge < -0.3 is 9.53 Å². The first-order chi connectivity index (χ1) is 9.48. The van der Waals surface area contributed by atoms with Gasteiger partial charge in [-0.3, -0.25) is 0 Å². The maximum atomic E-state index is 12.6. The van der Waals surface area contributed by atoms with Crippen LogP contribution in [0.2, 0.25) is 0 Å². The molecule has 2 rings (SSSR count). The number of sulfonamides is 1. The van der Waals surface area contributed by atoms with E-state index in [1.807, 2.05) is 0 Å². The lowest BCUT2D eigenvalue weighted by Crippen LogP contribution is -2.39. The zero-order chi connectivity index (χ0) is 14.8. The van der Waals surface area contributed by atoms with Gasteiger partial charge in [-0.25, -0.2) is 8.42 Å². The van der Waals surface area contributed by atoms with Crippen LogP contribution in [-0.2, 0) is 14.8 Å². The number of hydrogen-bond donors (Lipinski definition) is 0. The smallest absolute Gasteiger partial charge is 0.243 e. The van der Waals surface area contributed by atoms with Crippen molar-refractivity contribution in [3.8, 4) is 5.75 Å². The van der Waals surface area contributed by atoms with Crippen molar-refractivity contribution in [3.63, 3.8) is 0 Å². The molecule has 0 radical (unpaired) electrons. The minimum absolute atomic E-state index is 0.0154. The van der Waals surface area contributed by atoms with Crippen LogP contribution in [0.3, 0.4) is 0 Å². The highest BCUT2D eigenvalue weighted by Gasteiger charge is 2.30. The molecule has 1 aliphatic heterocycles. The van der Waals surface area contributed by atoms with Crippen molar-refractivity contribution in [2.45, 2.75) is 24.7 Å². The molecule has 1 heterocycles. The third-order valence-corrected chi connectivity index (χ3v) is 5.75. The quantitative estimate of drug-likeness (QED) is 0.792. The Morgan fingerprint density at radius 2 is 1.95 bits per heavy atom. The maximum Gasteiger partial charge on any atom is 0.243 e. The van der Waals surface area contributed by atoms with Crippen LogP contribution >= 0.6 is 0 Å². The Morgan fingerprint density at radius 1 is 1.30 bits per heavy atom. The number of rotatable bonds is 4. The predicted octanol–water partition coefficient (Wildman–Crippen LogP) is 1.60. The van der Waals surface area contributed by atoms with E-state index in [-0.39, 0.29) is 5.92 Å². The fourth-order valence-corrected chi connectivity index (χ4v) is 4.11. The lowest BCUT2D eigenvalue weighted by Gasteiger charge is -2.29. The summed E-state index contributed by atoms with van der Waals surface area (Å²) in [5.74, 6) is 0.625. The van der Waals surface area contributed by atoms with Gasteiger partial charge in [-0.05, 0) is 43.5 Å². The monoisotopic (exact) mass is 297 g/mol. The summed E-state index contributed by atoms with van der Waals surface area (Å²) in [6.07, 6.45) is 2.11. The Hall–Kier alpha value is -1.40. The molecule has 110 valence electrons. The van der Waals surface area contributed by atoms with Gasteiger partial charge in [0, 0.05) is 19.0 Å². The first-order valence-electron chi connectivity index (χ1n) is 6.59. The van der Waals surface area contributed by atoms with E-state index in [2.05, 4.69) is 0 Å². The average molecular weight is 297 g/mol. The van der Waals surface area contributed by atoms with Gasteiger partial charge in [0.05, 0.1) is 12.0 Å². The van der Waals surface area contributed by atoms with Gasteiger partial charge in [-0.2, -0.15) is 4.31 Å². The zero-order valence-electron chi connectivity index (χ0n) is 11.7. The Kier molecular flexibility index (Phi) is 4.45. The van der Waals surface area contributed by atoms with Gasteiger partial charge >= 0.3 is 0 Å². The molecule has 0 aliphatic carbocycles. The zero-order valence-corrected chi connectivity index (χ0v) is 12.5. The fraction of sp³-hybridized carbons (Fsp3) is 0.500. The number of benzene rings is 1. The lowest BCUT2D eigenvalue weighted by atomic mass is 10.0. The lowest BCUT2D eigenvalue weighted by molar-refractivity contribution is -0.112. The highest BCUT2D eigenvalue weighted by molar-refractivity contribution is 7.89. The molecule has 1 aromatic carbocycles. The second-order valence-corrected chi connectivity index (χ2v) is 6.92. The Morgan fingerprint density at radius 3 is 2.45 bits per heavy atom. The van der Waals surface area contributed by atoms with Crippen LogP contribution in [0.15, 0.2) is 23.1 Å². The summed E-state index contributed by atoms with van der Waals surface area (Å²) in [6.45, 7) is 2.56. The second kappa shape index (κ2) is 5.93. The van der Waals surface area contributed by atoms with Crippen molar-refractivity contribution < 1.29 is 17.9 Å². The summed E-state index contributed by atoms with van der Waals surface area (Å²) in [6, 6.07) is 4.94. The molecule has 0 spiro atoms. The minimum atomic E-state index is -3.49. The van der Waals surface area contributed by atoms with E-state index >= 15 is 0 Å². The van der Waals surface area contributed by atoms with Crippen molar-refractivity contribution in [3.05, 3.63) is 23.8 Å². The van der Waals surface area contributed by atoms with Crippen LogP contribution < -0.4 is 4.74 Å². The SMILES string of the molecule is COc1ccc(S(=O)(=O)N2CCC(C=O)CC2)c(C)c1. The van der Waals surface area contributed by atoms with E-state index < -0.39 is 10.0 Å². The normalized spacial score (nSPS) is 17.9. The van der Waals surface area contributed by atoms with Crippen LogP contribution in [-0.4, -0.2) is 39.2 Å². The molecule has 20 heavy (non-hydrogen) atoms. The molecule has 0 N–H and O–H groups in total. The fourth-order valence-electron chi connectivity index (χ4n) is 2.43. The van der Waals surface area contributed by atoms with Gasteiger partial charge in [0.2, 0.25) is 10.0 Å². The number of aldehydes is 1. The summed E-state index contributed by atoms with van der Waals surface area (Å²) in [5, 5.41) is 0. The molecule has 0 aromatic heterocycles. The van der Waals surface area contributed by atoms with E-state index in [4.69, 9.17) is 4.74 Å². The summed E-state index contributed by atoms with van der Waals surface area (Å²) < 4.78 is 31.7. The molecule has 0 atom stereocenters. The van der Waals surface area contributed by atoms with Crippen molar-refractivity contribution >= 4 is 16.3 Å². The molecule has 1 fully saturated rings. The third-order valence-electron chi connectivity index (χ3n) is 3.69. The highest BCUT2D eigenvalue weighted by Crippen LogP contribution is 2.27. The summed E-state index contributed by atoms with van der Waals surface area (Å²) in [4.78, 5) is 11.0. The van der Waals surface area contributed by atoms with Gasteiger partial charge in [0.15, 0.2) is 0 Å². The van der Waals surface area contributed by atoms with Crippen LogP contribution in [0.5, 0.6) is 5.75 Å². The third kappa shape index (κ3) is 2.86. The molecule has 0 amide bonds. The van der Waals surface area contributed by atoms with E-state index in [0.29, 0.717) is 42.1 Å². The van der Waals surface area contributed by atoms with Crippen LogP contribution in [0, 0.1) is 12.8 Å². The maximum absolute atomic E-state index is 12.6. The molecular formula is C14H19NO4S. The number of piperidine rings is 1. The van der Waals surface area contributed by atoms with Crippen molar-refractivity contribution in [2.75, 3.05) is 20.2 Å². The number of hydrogen-bond acceptors (Lipinski definition) is 4. The number of aryl methyl sites for hydroxylation is 1. The predicted molar refractivity (Wildman–Crippen MR) is 75.3 cm³/mol.